The molecule has 0 saturated heterocycles. The second kappa shape index (κ2) is 6.24. The van der Waals surface area contributed by atoms with Crippen LogP contribution >= 0.6 is 46.4 Å². The first-order valence-electron chi connectivity index (χ1n) is 5.59. The molecule has 2 aromatic rings. The molecule has 2 N–H and O–H groups in total. The quantitative estimate of drug-likeness (QED) is 0.457. The molecule has 0 bridgehead atoms. The highest BCUT2D eigenvalue weighted by Gasteiger charge is 2.36. The number of nitrogens with two attached hydrogens (primary N) is 1. The monoisotopic (exact) mass is 389 g/mol. The molecule has 2 aromatic carbocycles. The first-order valence-corrected chi connectivity index (χ1v) is 7.10. The summed E-state index contributed by atoms with van der Waals surface area (Å²) in [6, 6.07) is 4.93. The maximum Gasteiger partial charge on any atom is 0.417 e. The van der Waals surface area contributed by atoms with Gasteiger partial charge in [0.05, 0.1) is 26.3 Å². The van der Waals surface area contributed by atoms with E-state index in [1.54, 1.807) is 0 Å². The van der Waals surface area contributed by atoms with Crippen LogP contribution in [0.2, 0.25) is 20.1 Å². The molecule has 0 heterocycles. The summed E-state index contributed by atoms with van der Waals surface area (Å²) in [5.74, 6) is -0.00965. The molecular formula is C13H6Cl4F3NO. The first-order chi connectivity index (χ1) is 10.1. The number of hydrogen-bond donors (Lipinski definition) is 1. The van der Waals surface area contributed by atoms with E-state index < -0.39 is 21.8 Å². The van der Waals surface area contributed by atoms with Crippen molar-refractivity contribution in [3.8, 4) is 11.5 Å². The van der Waals surface area contributed by atoms with Crippen LogP contribution in [-0.2, 0) is 6.18 Å². The van der Waals surface area contributed by atoms with Gasteiger partial charge < -0.3 is 10.5 Å². The van der Waals surface area contributed by atoms with Crippen molar-refractivity contribution in [2.24, 2.45) is 0 Å². The Balaban J connectivity index is 2.48. The lowest BCUT2D eigenvalue weighted by Crippen LogP contribution is -2.06. The van der Waals surface area contributed by atoms with Gasteiger partial charge >= 0.3 is 6.18 Å². The Morgan fingerprint density at radius 3 is 2.09 bits per heavy atom. The fraction of sp³-hybridized carbons (Fsp3) is 0.0769. The predicted octanol–water partition coefficient (Wildman–Crippen LogP) is 6.69. The largest absolute Gasteiger partial charge is 0.454 e. The van der Waals surface area contributed by atoms with Gasteiger partial charge in [-0.3, -0.25) is 0 Å². The molecule has 0 radical (unpaired) electrons. The molecule has 2 rings (SSSR count). The normalized spacial score (nSPS) is 11.6. The van der Waals surface area contributed by atoms with Crippen molar-refractivity contribution in [3.63, 3.8) is 0 Å². The maximum absolute atomic E-state index is 12.8. The van der Waals surface area contributed by atoms with Crippen LogP contribution in [0.5, 0.6) is 11.5 Å². The second-order valence-electron chi connectivity index (χ2n) is 4.15. The SMILES string of the molecule is Nc1cc(Oc2c(Cl)cc(C(F)(F)F)c(Cl)c2Cl)ccc1Cl. The van der Waals surface area contributed by atoms with Gasteiger partial charge in [0.1, 0.15) is 10.8 Å². The molecule has 0 unspecified atom stereocenters. The molecule has 2 nitrogen and oxygen atoms in total. The van der Waals surface area contributed by atoms with Crippen molar-refractivity contribution in [2.45, 2.75) is 6.18 Å². The van der Waals surface area contributed by atoms with E-state index in [-0.39, 0.29) is 22.2 Å². The zero-order valence-electron chi connectivity index (χ0n) is 10.4. The summed E-state index contributed by atoms with van der Waals surface area (Å²) in [6.45, 7) is 0. The van der Waals surface area contributed by atoms with E-state index in [2.05, 4.69) is 0 Å². The van der Waals surface area contributed by atoms with Gasteiger partial charge in [0.2, 0.25) is 0 Å². The summed E-state index contributed by atoms with van der Waals surface area (Å²) < 4.78 is 43.7. The summed E-state index contributed by atoms with van der Waals surface area (Å²) >= 11 is 23.0. The number of benzene rings is 2. The number of rotatable bonds is 2. The van der Waals surface area contributed by atoms with Crippen molar-refractivity contribution < 1.29 is 17.9 Å². The van der Waals surface area contributed by atoms with Crippen molar-refractivity contribution in [2.75, 3.05) is 5.73 Å². The van der Waals surface area contributed by atoms with Crippen LogP contribution in [0, 0.1) is 0 Å². The lowest BCUT2D eigenvalue weighted by molar-refractivity contribution is -0.137. The Hall–Kier alpha value is -1.01. The van der Waals surface area contributed by atoms with Crippen LogP contribution < -0.4 is 10.5 Å². The van der Waals surface area contributed by atoms with Gasteiger partial charge in [-0.2, -0.15) is 13.2 Å². The molecule has 9 heteroatoms. The summed E-state index contributed by atoms with van der Waals surface area (Å²) in [7, 11) is 0. The third-order valence-electron chi connectivity index (χ3n) is 2.61. The van der Waals surface area contributed by atoms with Crippen LogP contribution in [0.25, 0.3) is 0 Å². The molecule has 0 aromatic heterocycles. The highest BCUT2D eigenvalue weighted by atomic mass is 35.5. The Labute approximate surface area is 143 Å². The molecule has 0 atom stereocenters. The summed E-state index contributed by atoms with van der Waals surface area (Å²) in [6.07, 6.45) is -4.69. The van der Waals surface area contributed by atoms with Gasteiger partial charge in [-0.05, 0) is 18.2 Å². The number of ether oxygens (including phenoxy) is 1. The average molecular weight is 391 g/mol. The van der Waals surface area contributed by atoms with Gasteiger partial charge in [0, 0.05) is 6.07 Å². The fourth-order valence-electron chi connectivity index (χ4n) is 1.58. The van der Waals surface area contributed by atoms with E-state index in [1.807, 2.05) is 0 Å². The molecule has 0 fully saturated rings. The predicted molar refractivity (Wildman–Crippen MR) is 82.4 cm³/mol. The van der Waals surface area contributed by atoms with Crippen LogP contribution in [0.3, 0.4) is 0 Å². The van der Waals surface area contributed by atoms with Crippen LogP contribution in [-0.4, -0.2) is 0 Å². The third-order valence-corrected chi connectivity index (χ3v) is 4.08. The Morgan fingerprint density at radius 2 is 1.55 bits per heavy atom. The minimum atomic E-state index is -4.69. The van der Waals surface area contributed by atoms with Crippen molar-refractivity contribution >= 4 is 52.1 Å². The number of halogens is 7. The van der Waals surface area contributed by atoms with Crippen molar-refractivity contribution in [3.05, 3.63) is 49.9 Å². The number of alkyl halides is 3. The van der Waals surface area contributed by atoms with Crippen molar-refractivity contribution in [1.29, 1.82) is 0 Å². The van der Waals surface area contributed by atoms with Gasteiger partial charge in [-0.15, -0.1) is 0 Å². The molecule has 0 amide bonds. The lowest BCUT2D eigenvalue weighted by Gasteiger charge is -2.15. The first kappa shape index (κ1) is 17.3. The molecule has 0 aliphatic carbocycles. The Bertz CT molecular complexity index is 734. The Morgan fingerprint density at radius 1 is 0.909 bits per heavy atom. The summed E-state index contributed by atoms with van der Waals surface area (Å²) in [5, 5.41) is -1.18. The zero-order valence-corrected chi connectivity index (χ0v) is 13.5. The van der Waals surface area contributed by atoms with E-state index in [4.69, 9.17) is 56.9 Å². The summed E-state index contributed by atoms with van der Waals surface area (Å²) in [4.78, 5) is 0. The minimum absolute atomic E-state index is 0.196. The Kier molecular flexibility index (Phi) is 4.92. The molecule has 0 spiro atoms. The molecule has 22 heavy (non-hydrogen) atoms. The molecule has 0 aliphatic rings. The number of nitrogen functional groups attached to an aromatic ring is 1. The average Bonchev–Trinajstić information content (AvgIpc) is 2.41. The van der Waals surface area contributed by atoms with E-state index >= 15 is 0 Å². The number of hydrogen-bond acceptors (Lipinski definition) is 2. The smallest absolute Gasteiger partial charge is 0.417 e. The minimum Gasteiger partial charge on any atom is -0.454 e. The van der Waals surface area contributed by atoms with Gasteiger partial charge in [0.25, 0.3) is 0 Å². The number of anilines is 1. The summed E-state index contributed by atoms with van der Waals surface area (Å²) in [5.41, 5.74) is 4.69. The van der Waals surface area contributed by atoms with Crippen LogP contribution in [0.1, 0.15) is 5.56 Å². The van der Waals surface area contributed by atoms with Gasteiger partial charge in [0.15, 0.2) is 5.75 Å². The van der Waals surface area contributed by atoms with E-state index in [0.29, 0.717) is 11.1 Å². The maximum atomic E-state index is 12.8. The van der Waals surface area contributed by atoms with Crippen LogP contribution in [0.15, 0.2) is 24.3 Å². The zero-order chi connectivity index (χ0) is 16.7. The molecule has 0 aliphatic heterocycles. The topological polar surface area (TPSA) is 35.2 Å². The standard InChI is InChI=1S/C13H6Cl4F3NO/c14-7-2-1-5(3-9(7)21)22-12-8(15)4-6(13(18,19)20)10(16)11(12)17/h1-4H,21H2. The van der Waals surface area contributed by atoms with E-state index in [9.17, 15) is 13.2 Å². The lowest BCUT2D eigenvalue weighted by atomic mass is 10.2. The van der Waals surface area contributed by atoms with Crippen LogP contribution in [0.4, 0.5) is 18.9 Å². The van der Waals surface area contributed by atoms with Crippen molar-refractivity contribution in [1.82, 2.24) is 0 Å². The second-order valence-corrected chi connectivity index (χ2v) is 5.72. The molecule has 0 saturated carbocycles. The highest BCUT2D eigenvalue weighted by molar-refractivity contribution is 6.45. The van der Waals surface area contributed by atoms with E-state index in [1.165, 1.54) is 18.2 Å². The third kappa shape index (κ3) is 3.49. The van der Waals surface area contributed by atoms with E-state index in [0.717, 1.165) is 0 Å². The van der Waals surface area contributed by atoms with Gasteiger partial charge in [-0.1, -0.05) is 46.4 Å². The fourth-order valence-corrected chi connectivity index (χ4v) is 2.48. The molecule has 118 valence electrons. The molecular weight excluding hydrogens is 385 g/mol. The highest BCUT2D eigenvalue weighted by Crippen LogP contribution is 2.47. The van der Waals surface area contributed by atoms with Gasteiger partial charge in [-0.25, -0.2) is 0 Å².